The van der Waals surface area contributed by atoms with Gasteiger partial charge in [0, 0.05) is 10.7 Å². The molecule has 0 N–H and O–H groups in total. The summed E-state index contributed by atoms with van der Waals surface area (Å²) in [7, 11) is 0. The lowest BCUT2D eigenvalue weighted by molar-refractivity contribution is 0.459. The van der Waals surface area contributed by atoms with Crippen molar-refractivity contribution in [1.82, 2.24) is 4.98 Å². The van der Waals surface area contributed by atoms with Crippen molar-refractivity contribution in [3.63, 3.8) is 0 Å². The van der Waals surface area contributed by atoms with Crippen LogP contribution in [-0.4, -0.2) is 4.98 Å². The maximum atomic E-state index is 9.05. The van der Waals surface area contributed by atoms with Gasteiger partial charge in [-0.05, 0) is 56.2 Å². The van der Waals surface area contributed by atoms with Crippen LogP contribution in [0.5, 0.6) is 11.6 Å². The van der Waals surface area contributed by atoms with E-state index in [0.717, 1.165) is 21.8 Å². The van der Waals surface area contributed by atoms with Crippen molar-refractivity contribution < 1.29 is 4.74 Å². The largest absolute Gasteiger partial charge is 0.438 e. The molecule has 0 saturated heterocycles. The van der Waals surface area contributed by atoms with Crippen LogP contribution < -0.4 is 4.74 Å². The Hall–Kier alpha value is -2.05. The Balaban J connectivity index is 2.42. The fraction of sp³-hybridized carbons (Fsp3) is 0.200. The number of rotatable bonds is 2. The molecule has 0 aliphatic heterocycles. The minimum absolute atomic E-state index is 0.323. The quantitative estimate of drug-likeness (QED) is 0.818. The standard InChI is InChI=1S/C15H13ClN2O/c1-9-6-13(7-10(2)14(9)16)19-15-12(8-17)5-4-11(3)18-15/h4-7H,1-3H3. The van der Waals surface area contributed by atoms with Crippen molar-refractivity contribution in [1.29, 1.82) is 5.26 Å². The fourth-order valence-electron chi connectivity index (χ4n) is 1.77. The number of ether oxygens (including phenoxy) is 1. The van der Waals surface area contributed by atoms with E-state index in [9.17, 15) is 0 Å². The lowest BCUT2D eigenvalue weighted by Gasteiger charge is -2.10. The number of pyridine rings is 1. The van der Waals surface area contributed by atoms with E-state index in [0.29, 0.717) is 17.2 Å². The molecule has 2 aromatic rings. The summed E-state index contributed by atoms with van der Waals surface area (Å²) in [6.45, 7) is 5.68. The van der Waals surface area contributed by atoms with E-state index >= 15 is 0 Å². The van der Waals surface area contributed by atoms with Crippen molar-refractivity contribution in [2.75, 3.05) is 0 Å². The Labute approximate surface area is 117 Å². The Morgan fingerprint density at radius 1 is 1.16 bits per heavy atom. The van der Waals surface area contributed by atoms with E-state index in [-0.39, 0.29) is 0 Å². The molecule has 0 atom stereocenters. The third-order valence-corrected chi connectivity index (χ3v) is 3.34. The van der Waals surface area contributed by atoms with Crippen molar-refractivity contribution in [3.8, 4) is 17.7 Å². The van der Waals surface area contributed by atoms with Crippen LogP contribution in [0.3, 0.4) is 0 Å². The third kappa shape index (κ3) is 2.86. The van der Waals surface area contributed by atoms with Gasteiger partial charge in [0.25, 0.3) is 0 Å². The van der Waals surface area contributed by atoms with Crippen LogP contribution >= 0.6 is 11.6 Å². The predicted molar refractivity (Wildman–Crippen MR) is 74.7 cm³/mol. The molecule has 0 unspecified atom stereocenters. The first-order valence-corrected chi connectivity index (χ1v) is 6.21. The van der Waals surface area contributed by atoms with E-state index in [1.165, 1.54) is 0 Å². The Bertz CT molecular complexity index is 651. The van der Waals surface area contributed by atoms with E-state index in [1.54, 1.807) is 12.1 Å². The molecule has 0 spiro atoms. The zero-order chi connectivity index (χ0) is 14.0. The molecule has 4 heteroatoms. The maximum absolute atomic E-state index is 9.05. The highest BCUT2D eigenvalue weighted by atomic mass is 35.5. The number of aryl methyl sites for hydroxylation is 3. The monoisotopic (exact) mass is 272 g/mol. The zero-order valence-electron chi connectivity index (χ0n) is 11.0. The predicted octanol–water partition coefficient (Wildman–Crippen LogP) is 4.32. The van der Waals surface area contributed by atoms with Gasteiger partial charge in [0.2, 0.25) is 5.88 Å². The molecule has 0 radical (unpaired) electrons. The molecule has 0 aliphatic rings. The minimum atomic E-state index is 0.323. The van der Waals surface area contributed by atoms with Gasteiger partial charge >= 0.3 is 0 Å². The second-order valence-corrected chi connectivity index (χ2v) is 4.77. The van der Waals surface area contributed by atoms with Gasteiger partial charge in [-0.1, -0.05) is 11.6 Å². The molecule has 0 aliphatic carbocycles. The van der Waals surface area contributed by atoms with Crippen molar-refractivity contribution in [2.24, 2.45) is 0 Å². The molecule has 0 bridgehead atoms. The average Bonchev–Trinajstić information content (AvgIpc) is 2.36. The van der Waals surface area contributed by atoms with Gasteiger partial charge in [-0.15, -0.1) is 0 Å². The molecule has 3 nitrogen and oxygen atoms in total. The first kappa shape index (κ1) is 13.4. The number of benzene rings is 1. The van der Waals surface area contributed by atoms with Gasteiger partial charge in [0.15, 0.2) is 0 Å². The Kier molecular flexibility index (Phi) is 3.73. The fourth-order valence-corrected chi connectivity index (χ4v) is 1.88. The summed E-state index contributed by atoms with van der Waals surface area (Å²) in [5, 5.41) is 9.78. The van der Waals surface area contributed by atoms with Crippen LogP contribution in [0.15, 0.2) is 24.3 Å². The molecule has 0 amide bonds. The highest BCUT2D eigenvalue weighted by molar-refractivity contribution is 6.32. The molecule has 1 aromatic heterocycles. The molecule has 1 heterocycles. The van der Waals surface area contributed by atoms with E-state index in [1.807, 2.05) is 32.9 Å². The van der Waals surface area contributed by atoms with E-state index in [4.69, 9.17) is 21.6 Å². The smallest absolute Gasteiger partial charge is 0.237 e. The molecule has 0 fully saturated rings. The number of nitriles is 1. The summed E-state index contributed by atoms with van der Waals surface area (Å²) in [6, 6.07) is 9.22. The molecule has 2 rings (SSSR count). The highest BCUT2D eigenvalue weighted by Gasteiger charge is 2.09. The number of aromatic nitrogens is 1. The summed E-state index contributed by atoms with van der Waals surface area (Å²) in [5.41, 5.74) is 3.08. The molecule has 19 heavy (non-hydrogen) atoms. The van der Waals surface area contributed by atoms with Gasteiger partial charge in [-0.3, -0.25) is 0 Å². The average molecular weight is 273 g/mol. The van der Waals surface area contributed by atoms with Crippen molar-refractivity contribution in [2.45, 2.75) is 20.8 Å². The highest BCUT2D eigenvalue weighted by Crippen LogP contribution is 2.29. The topological polar surface area (TPSA) is 45.9 Å². The maximum Gasteiger partial charge on any atom is 0.237 e. The SMILES string of the molecule is Cc1ccc(C#N)c(Oc2cc(C)c(Cl)c(C)c2)n1. The molecular formula is C15H13ClN2O. The van der Waals surface area contributed by atoms with Crippen LogP contribution in [0.1, 0.15) is 22.4 Å². The lowest BCUT2D eigenvalue weighted by Crippen LogP contribution is -1.95. The number of halogens is 1. The number of hydrogen-bond donors (Lipinski definition) is 0. The van der Waals surface area contributed by atoms with E-state index in [2.05, 4.69) is 11.1 Å². The molecule has 96 valence electrons. The van der Waals surface area contributed by atoms with Crippen molar-refractivity contribution >= 4 is 11.6 Å². The zero-order valence-corrected chi connectivity index (χ0v) is 11.7. The summed E-state index contributed by atoms with van der Waals surface area (Å²) in [4.78, 5) is 4.24. The first-order chi connectivity index (χ1) is 9.01. The Morgan fingerprint density at radius 2 is 1.79 bits per heavy atom. The van der Waals surface area contributed by atoms with Crippen LogP contribution in [0.2, 0.25) is 5.02 Å². The second kappa shape index (κ2) is 5.29. The lowest BCUT2D eigenvalue weighted by atomic mass is 10.1. The molecule has 1 aromatic carbocycles. The van der Waals surface area contributed by atoms with Gasteiger partial charge in [0.05, 0.1) is 0 Å². The third-order valence-electron chi connectivity index (χ3n) is 2.74. The number of hydrogen-bond acceptors (Lipinski definition) is 3. The van der Waals surface area contributed by atoms with Crippen molar-refractivity contribution in [3.05, 3.63) is 51.7 Å². The van der Waals surface area contributed by atoms with Crippen LogP contribution in [0.25, 0.3) is 0 Å². The summed E-state index contributed by atoms with van der Waals surface area (Å²) >= 11 is 6.11. The van der Waals surface area contributed by atoms with Gasteiger partial charge in [-0.2, -0.15) is 5.26 Å². The Morgan fingerprint density at radius 3 is 2.37 bits per heavy atom. The minimum Gasteiger partial charge on any atom is -0.438 e. The van der Waals surface area contributed by atoms with Gasteiger partial charge in [0.1, 0.15) is 17.4 Å². The van der Waals surface area contributed by atoms with Gasteiger partial charge in [-0.25, -0.2) is 4.98 Å². The van der Waals surface area contributed by atoms with E-state index < -0.39 is 0 Å². The normalized spacial score (nSPS) is 10.1. The summed E-state index contributed by atoms with van der Waals surface area (Å²) in [6.07, 6.45) is 0. The molecule has 0 saturated carbocycles. The number of nitrogens with zero attached hydrogens (tertiary/aromatic N) is 2. The second-order valence-electron chi connectivity index (χ2n) is 4.39. The van der Waals surface area contributed by atoms with Crippen LogP contribution in [0.4, 0.5) is 0 Å². The van der Waals surface area contributed by atoms with Gasteiger partial charge < -0.3 is 4.74 Å². The molecular weight excluding hydrogens is 260 g/mol. The first-order valence-electron chi connectivity index (χ1n) is 5.83. The van der Waals surface area contributed by atoms with Crippen LogP contribution in [0, 0.1) is 32.1 Å². The summed E-state index contributed by atoms with van der Waals surface area (Å²) in [5.74, 6) is 0.956. The van der Waals surface area contributed by atoms with Crippen LogP contribution in [-0.2, 0) is 0 Å². The summed E-state index contributed by atoms with van der Waals surface area (Å²) < 4.78 is 5.71.